The van der Waals surface area contributed by atoms with Gasteiger partial charge < -0.3 is 15.4 Å². The molecule has 1 saturated heterocycles. The van der Waals surface area contributed by atoms with E-state index in [4.69, 9.17) is 4.74 Å². The number of ether oxygens (including phenoxy) is 1. The largest absolute Gasteiger partial charge is 0.444 e. The molecule has 1 aromatic carbocycles. The first kappa shape index (κ1) is 22.2. The summed E-state index contributed by atoms with van der Waals surface area (Å²) in [5, 5.41) is 8.94. The van der Waals surface area contributed by atoms with Gasteiger partial charge in [0, 0.05) is 35.8 Å². The fourth-order valence-electron chi connectivity index (χ4n) is 3.37. The van der Waals surface area contributed by atoms with Gasteiger partial charge in [-0.25, -0.2) is 9.78 Å². The molecule has 0 aliphatic carbocycles. The minimum atomic E-state index is -0.501. The maximum atomic E-state index is 12.5. The molecule has 1 aliphatic heterocycles. The average Bonchev–Trinajstić information content (AvgIpc) is 3.08. The lowest BCUT2D eigenvalue weighted by molar-refractivity contribution is -0.117. The van der Waals surface area contributed by atoms with Crippen molar-refractivity contribution < 1.29 is 14.3 Å². The van der Waals surface area contributed by atoms with Gasteiger partial charge in [0.15, 0.2) is 0 Å². The normalized spacial score (nSPS) is 15.6. The number of likely N-dealkylation sites (tertiary alicyclic amines) is 1. The Morgan fingerprint density at radius 1 is 1.27 bits per heavy atom. The first-order valence-electron chi connectivity index (χ1n) is 10.2. The molecule has 0 saturated carbocycles. The minimum absolute atomic E-state index is 0.0415. The van der Waals surface area contributed by atoms with Crippen molar-refractivity contribution in [1.82, 2.24) is 15.2 Å². The molecule has 3 rings (SSSR count). The summed E-state index contributed by atoms with van der Waals surface area (Å²) in [6.45, 7) is 9.37. The van der Waals surface area contributed by atoms with Gasteiger partial charge in [-0.1, -0.05) is 12.1 Å². The fraction of sp³-hybridized carbons (Fsp3) is 0.500. The van der Waals surface area contributed by atoms with E-state index >= 15 is 0 Å². The molecular formula is C22H30N4O3S. The van der Waals surface area contributed by atoms with Crippen LogP contribution in [0.3, 0.4) is 0 Å². The number of amides is 2. The Morgan fingerprint density at radius 2 is 2.00 bits per heavy atom. The molecule has 2 heterocycles. The summed E-state index contributed by atoms with van der Waals surface area (Å²) in [5.74, 6) is -0.0415. The van der Waals surface area contributed by atoms with Gasteiger partial charge in [0.25, 0.3) is 0 Å². The SMILES string of the molecule is Cc1nc(-c2cccc(NC(=O)CN3CCC(NC(=O)OC(C)(C)C)CC3)c2)cs1. The molecule has 162 valence electrons. The second-order valence-electron chi connectivity index (χ2n) is 8.58. The number of aromatic nitrogens is 1. The van der Waals surface area contributed by atoms with Gasteiger partial charge in [-0.05, 0) is 52.7 Å². The van der Waals surface area contributed by atoms with E-state index in [9.17, 15) is 9.59 Å². The molecule has 0 unspecified atom stereocenters. The monoisotopic (exact) mass is 430 g/mol. The van der Waals surface area contributed by atoms with Crippen LogP contribution in [0.1, 0.15) is 38.6 Å². The number of carbonyl (C=O) groups is 2. The van der Waals surface area contributed by atoms with Crippen LogP contribution in [0, 0.1) is 6.92 Å². The first-order valence-corrected chi connectivity index (χ1v) is 11.1. The van der Waals surface area contributed by atoms with Crippen LogP contribution in [0.5, 0.6) is 0 Å². The van der Waals surface area contributed by atoms with Gasteiger partial charge in [0.2, 0.25) is 5.91 Å². The van der Waals surface area contributed by atoms with E-state index in [1.54, 1.807) is 11.3 Å². The number of anilines is 1. The van der Waals surface area contributed by atoms with E-state index in [1.807, 2.05) is 57.3 Å². The van der Waals surface area contributed by atoms with Crippen LogP contribution < -0.4 is 10.6 Å². The third kappa shape index (κ3) is 6.81. The Kier molecular flexibility index (Phi) is 7.10. The molecule has 0 radical (unpaired) electrons. The quantitative estimate of drug-likeness (QED) is 0.748. The number of aryl methyl sites for hydroxylation is 1. The standard InChI is InChI=1S/C22H30N4O3S/c1-15-23-19(14-30-15)16-6-5-7-18(12-16)24-20(27)13-26-10-8-17(9-11-26)25-21(28)29-22(2,3)4/h5-7,12,14,17H,8-11,13H2,1-4H3,(H,24,27)(H,25,28). The Hall–Kier alpha value is -2.45. The highest BCUT2D eigenvalue weighted by Gasteiger charge is 2.24. The zero-order chi connectivity index (χ0) is 21.7. The molecule has 30 heavy (non-hydrogen) atoms. The molecule has 1 fully saturated rings. The summed E-state index contributed by atoms with van der Waals surface area (Å²) in [6, 6.07) is 7.83. The van der Waals surface area contributed by atoms with Crippen LogP contribution >= 0.6 is 11.3 Å². The molecule has 2 amide bonds. The Morgan fingerprint density at radius 3 is 2.63 bits per heavy atom. The molecule has 0 atom stereocenters. The van der Waals surface area contributed by atoms with Crippen LogP contribution in [0.15, 0.2) is 29.6 Å². The molecular weight excluding hydrogens is 400 g/mol. The van der Waals surface area contributed by atoms with Crippen molar-refractivity contribution in [1.29, 1.82) is 0 Å². The summed E-state index contributed by atoms with van der Waals surface area (Å²) < 4.78 is 5.31. The van der Waals surface area contributed by atoms with Gasteiger partial charge in [-0.3, -0.25) is 9.69 Å². The van der Waals surface area contributed by atoms with E-state index in [0.29, 0.717) is 6.54 Å². The van der Waals surface area contributed by atoms with Crippen molar-refractivity contribution in [3.05, 3.63) is 34.7 Å². The maximum absolute atomic E-state index is 12.5. The predicted molar refractivity (Wildman–Crippen MR) is 120 cm³/mol. The molecule has 8 heteroatoms. The maximum Gasteiger partial charge on any atom is 0.407 e. The van der Waals surface area contributed by atoms with Gasteiger partial charge in [-0.15, -0.1) is 11.3 Å². The second kappa shape index (κ2) is 9.57. The van der Waals surface area contributed by atoms with Crippen molar-refractivity contribution >= 4 is 29.0 Å². The number of rotatable bonds is 5. The van der Waals surface area contributed by atoms with E-state index in [-0.39, 0.29) is 18.0 Å². The number of benzene rings is 1. The molecule has 1 aliphatic rings. The highest BCUT2D eigenvalue weighted by Crippen LogP contribution is 2.24. The third-order valence-corrected chi connectivity index (χ3v) is 5.51. The first-order chi connectivity index (χ1) is 14.2. The van der Waals surface area contributed by atoms with E-state index in [1.165, 1.54) is 0 Å². The van der Waals surface area contributed by atoms with Crippen molar-refractivity contribution in [2.24, 2.45) is 0 Å². The number of nitrogens with one attached hydrogen (secondary N) is 2. The summed E-state index contributed by atoms with van der Waals surface area (Å²) in [4.78, 5) is 31.0. The molecule has 7 nitrogen and oxygen atoms in total. The molecule has 0 spiro atoms. The third-order valence-electron chi connectivity index (χ3n) is 4.74. The predicted octanol–water partition coefficient (Wildman–Crippen LogP) is 4.05. The summed E-state index contributed by atoms with van der Waals surface area (Å²) >= 11 is 1.61. The van der Waals surface area contributed by atoms with E-state index < -0.39 is 5.60 Å². The van der Waals surface area contributed by atoms with Crippen LogP contribution in [-0.2, 0) is 9.53 Å². The number of carbonyl (C=O) groups excluding carboxylic acids is 2. The lowest BCUT2D eigenvalue weighted by Gasteiger charge is -2.32. The van der Waals surface area contributed by atoms with Crippen LogP contribution in [0.25, 0.3) is 11.3 Å². The Bertz CT molecular complexity index is 883. The van der Waals surface area contributed by atoms with Gasteiger partial charge in [0.1, 0.15) is 5.60 Å². The number of piperidine rings is 1. The second-order valence-corrected chi connectivity index (χ2v) is 9.64. The van der Waals surface area contributed by atoms with Gasteiger partial charge >= 0.3 is 6.09 Å². The van der Waals surface area contributed by atoms with Crippen LogP contribution in [0.4, 0.5) is 10.5 Å². The summed E-state index contributed by atoms with van der Waals surface area (Å²) in [5.41, 5.74) is 2.18. The van der Waals surface area contributed by atoms with E-state index in [0.717, 1.165) is 47.9 Å². The minimum Gasteiger partial charge on any atom is -0.444 e. The van der Waals surface area contributed by atoms with Crippen molar-refractivity contribution in [2.45, 2.75) is 52.2 Å². The topological polar surface area (TPSA) is 83.6 Å². The van der Waals surface area contributed by atoms with Gasteiger partial charge in [0.05, 0.1) is 17.2 Å². The number of alkyl carbamates (subject to hydrolysis) is 1. The van der Waals surface area contributed by atoms with Crippen LogP contribution in [-0.4, -0.2) is 53.2 Å². The van der Waals surface area contributed by atoms with Crippen molar-refractivity contribution in [2.75, 3.05) is 25.0 Å². The van der Waals surface area contributed by atoms with Gasteiger partial charge in [-0.2, -0.15) is 0 Å². The summed E-state index contributed by atoms with van der Waals surface area (Å²) in [6.07, 6.45) is 1.21. The highest BCUT2D eigenvalue weighted by atomic mass is 32.1. The van der Waals surface area contributed by atoms with Crippen LogP contribution in [0.2, 0.25) is 0 Å². The number of nitrogens with zero attached hydrogens (tertiary/aromatic N) is 2. The zero-order valence-corrected chi connectivity index (χ0v) is 18.8. The fourth-order valence-corrected chi connectivity index (χ4v) is 3.99. The van der Waals surface area contributed by atoms with E-state index in [2.05, 4.69) is 20.5 Å². The number of thiazole rings is 1. The molecule has 2 N–H and O–H groups in total. The summed E-state index contributed by atoms with van der Waals surface area (Å²) in [7, 11) is 0. The lowest BCUT2D eigenvalue weighted by Crippen LogP contribution is -2.47. The van der Waals surface area contributed by atoms with Crippen molar-refractivity contribution in [3.63, 3.8) is 0 Å². The number of hydrogen-bond donors (Lipinski definition) is 2. The molecule has 1 aromatic heterocycles. The molecule has 0 bridgehead atoms. The van der Waals surface area contributed by atoms with Crippen molar-refractivity contribution in [3.8, 4) is 11.3 Å². The Labute approximate surface area is 181 Å². The number of hydrogen-bond acceptors (Lipinski definition) is 6. The zero-order valence-electron chi connectivity index (χ0n) is 18.0. The highest BCUT2D eigenvalue weighted by molar-refractivity contribution is 7.09. The smallest absolute Gasteiger partial charge is 0.407 e. The molecule has 2 aromatic rings. The lowest BCUT2D eigenvalue weighted by atomic mass is 10.1. The Balaban J connectivity index is 1.45. The average molecular weight is 431 g/mol.